The Morgan fingerprint density at radius 3 is 2.30 bits per heavy atom. The number of hydrogen-bond donors (Lipinski definition) is 3. The minimum Gasteiger partial charge on any atom is -0.332 e. The molecule has 0 heterocycles. The third kappa shape index (κ3) is 7.29. The first-order valence-corrected chi connectivity index (χ1v) is 9.77. The molecule has 0 saturated heterocycles. The quantitative estimate of drug-likeness (QED) is 0.570. The summed E-state index contributed by atoms with van der Waals surface area (Å²) in [5.74, 6) is -1.20. The van der Waals surface area contributed by atoms with Crippen LogP contribution in [-0.4, -0.2) is 56.4 Å². The molecule has 3 amide bonds. The first-order chi connectivity index (χ1) is 14.3. The van der Waals surface area contributed by atoms with Gasteiger partial charge in [-0.05, 0) is 42.3 Å². The zero-order chi connectivity index (χ0) is 22.1. The average Bonchev–Trinajstić information content (AvgIpc) is 2.69. The fraction of sp³-hybridized carbons (Fsp3) is 0.318. The number of nitrogens with one attached hydrogen (secondary N) is 3. The Bertz CT molecular complexity index is 886. The molecule has 0 aliphatic rings. The third-order valence-electron chi connectivity index (χ3n) is 4.52. The van der Waals surface area contributed by atoms with Crippen LogP contribution in [0.1, 0.15) is 12.5 Å². The molecule has 1 atom stereocenters. The van der Waals surface area contributed by atoms with Crippen molar-refractivity contribution in [3.63, 3.8) is 0 Å². The summed E-state index contributed by atoms with van der Waals surface area (Å²) in [6, 6.07) is 13.0. The lowest BCUT2D eigenvalue weighted by Gasteiger charge is -2.20. The number of likely N-dealkylation sites (N-methyl/N-ethyl adjacent to an activating group) is 2. The molecule has 0 spiro atoms. The SMILES string of the molecule is CCc1ccccc1NC(=O)CN(C)C(=O)C[NH+](C)CC(=O)Nc1ccc(F)cc1. The van der Waals surface area contributed by atoms with E-state index < -0.39 is 0 Å². The van der Waals surface area contributed by atoms with Gasteiger partial charge in [0.1, 0.15) is 5.82 Å². The van der Waals surface area contributed by atoms with E-state index in [0.717, 1.165) is 17.7 Å². The number of rotatable bonds is 9. The number of quaternary nitrogens is 1. The standard InChI is InChI=1S/C22H27FN4O3/c1-4-16-7-5-6-8-19(16)25-21(29)14-27(3)22(30)15-26(2)13-20(28)24-18-11-9-17(23)10-12-18/h5-12H,4,13-15H2,1-3H3,(H,24,28)(H,25,29)/p+1. The maximum atomic E-state index is 12.9. The van der Waals surface area contributed by atoms with Gasteiger partial charge >= 0.3 is 0 Å². The van der Waals surface area contributed by atoms with Gasteiger partial charge in [-0.15, -0.1) is 0 Å². The number of amides is 3. The minimum atomic E-state index is -0.383. The van der Waals surface area contributed by atoms with Gasteiger partial charge in [0.25, 0.3) is 11.8 Å². The van der Waals surface area contributed by atoms with Crippen molar-refractivity contribution in [2.24, 2.45) is 0 Å². The average molecular weight is 415 g/mol. The van der Waals surface area contributed by atoms with Crippen LogP contribution >= 0.6 is 0 Å². The summed E-state index contributed by atoms with van der Waals surface area (Å²) in [6.07, 6.45) is 0.791. The lowest BCUT2D eigenvalue weighted by Crippen LogP contribution is -3.11. The summed E-state index contributed by atoms with van der Waals surface area (Å²) in [4.78, 5) is 38.8. The van der Waals surface area contributed by atoms with Gasteiger partial charge in [0.05, 0.1) is 13.6 Å². The van der Waals surface area contributed by atoms with Crippen LogP contribution in [-0.2, 0) is 20.8 Å². The van der Waals surface area contributed by atoms with E-state index in [9.17, 15) is 18.8 Å². The van der Waals surface area contributed by atoms with E-state index in [1.807, 2.05) is 31.2 Å². The first kappa shape index (κ1) is 23.0. The zero-order valence-corrected chi connectivity index (χ0v) is 17.5. The number of carbonyl (C=O) groups is 3. The highest BCUT2D eigenvalue weighted by atomic mass is 19.1. The molecule has 0 bridgehead atoms. The lowest BCUT2D eigenvalue weighted by molar-refractivity contribution is -0.862. The lowest BCUT2D eigenvalue weighted by atomic mass is 10.1. The number of benzene rings is 2. The van der Waals surface area contributed by atoms with Gasteiger partial charge in [0.2, 0.25) is 5.91 Å². The number of anilines is 2. The number of carbonyl (C=O) groups excluding carboxylic acids is 3. The van der Waals surface area contributed by atoms with Crippen molar-refractivity contribution in [1.82, 2.24) is 4.90 Å². The van der Waals surface area contributed by atoms with Crippen molar-refractivity contribution < 1.29 is 23.7 Å². The molecule has 160 valence electrons. The molecule has 7 nitrogen and oxygen atoms in total. The molecule has 3 N–H and O–H groups in total. The molecular weight excluding hydrogens is 387 g/mol. The molecule has 2 aromatic rings. The summed E-state index contributed by atoms with van der Waals surface area (Å²) in [5.41, 5.74) is 2.25. The van der Waals surface area contributed by atoms with E-state index >= 15 is 0 Å². The Balaban J connectivity index is 1.79. The summed E-state index contributed by atoms with van der Waals surface area (Å²) >= 11 is 0. The molecule has 2 rings (SSSR count). The van der Waals surface area contributed by atoms with Crippen LogP contribution in [0.25, 0.3) is 0 Å². The van der Waals surface area contributed by atoms with Crippen molar-refractivity contribution in [2.75, 3.05) is 44.4 Å². The van der Waals surface area contributed by atoms with Crippen LogP contribution in [0, 0.1) is 5.82 Å². The topological polar surface area (TPSA) is 83.0 Å². The van der Waals surface area contributed by atoms with Gasteiger partial charge in [-0.3, -0.25) is 14.4 Å². The van der Waals surface area contributed by atoms with E-state index in [1.54, 1.807) is 14.1 Å². The van der Waals surface area contributed by atoms with Crippen molar-refractivity contribution >= 4 is 29.1 Å². The van der Waals surface area contributed by atoms with Gasteiger partial charge in [0.15, 0.2) is 13.1 Å². The van der Waals surface area contributed by atoms with Crippen LogP contribution in [0.3, 0.4) is 0 Å². The second kappa shape index (κ2) is 11.1. The van der Waals surface area contributed by atoms with Crippen LogP contribution in [0.2, 0.25) is 0 Å². The predicted molar refractivity (Wildman–Crippen MR) is 114 cm³/mol. The van der Waals surface area contributed by atoms with Gasteiger partial charge < -0.3 is 20.4 Å². The molecule has 0 radical (unpaired) electrons. The van der Waals surface area contributed by atoms with Crippen molar-refractivity contribution in [1.29, 1.82) is 0 Å². The fourth-order valence-corrected chi connectivity index (χ4v) is 2.91. The number of aryl methyl sites for hydroxylation is 1. The Kier molecular flexibility index (Phi) is 8.49. The Morgan fingerprint density at radius 1 is 0.967 bits per heavy atom. The van der Waals surface area contributed by atoms with Crippen molar-refractivity contribution in [3.05, 3.63) is 59.9 Å². The van der Waals surface area contributed by atoms with E-state index in [4.69, 9.17) is 0 Å². The van der Waals surface area contributed by atoms with Gasteiger partial charge in [-0.1, -0.05) is 25.1 Å². The highest BCUT2D eigenvalue weighted by Gasteiger charge is 2.19. The fourth-order valence-electron chi connectivity index (χ4n) is 2.91. The predicted octanol–water partition coefficient (Wildman–Crippen LogP) is 0.938. The van der Waals surface area contributed by atoms with Crippen LogP contribution in [0.5, 0.6) is 0 Å². The molecule has 0 aliphatic carbocycles. The van der Waals surface area contributed by atoms with Crippen LogP contribution in [0.4, 0.5) is 15.8 Å². The maximum absolute atomic E-state index is 12.9. The molecule has 8 heteroatoms. The maximum Gasteiger partial charge on any atom is 0.279 e. The van der Waals surface area contributed by atoms with E-state index in [0.29, 0.717) is 10.6 Å². The molecule has 2 aromatic carbocycles. The largest absolute Gasteiger partial charge is 0.332 e. The van der Waals surface area contributed by atoms with E-state index in [2.05, 4.69) is 10.6 Å². The smallest absolute Gasteiger partial charge is 0.279 e. The second-order valence-corrected chi connectivity index (χ2v) is 7.17. The summed E-state index contributed by atoms with van der Waals surface area (Å²) < 4.78 is 12.9. The molecule has 0 fully saturated rings. The van der Waals surface area contributed by atoms with E-state index in [1.165, 1.54) is 29.2 Å². The molecule has 30 heavy (non-hydrogen) atoms. The summed E-state index contributed by atoms with van der Waals surface area (Å²) in [6.45, 7) is 2.05. The number of para-hydroxylation sites is 1. The molecular formula is C22H28FN4O3+. The molecule has 0 saturated carbocycles. The molecule has 1 unspecified atom stereocenters. The first-order valence-electron chi connectivity index (χ1n) is 9.77. The van der Waals surface area contributed by atoms with E-state index in [-0.39, 0.29) is 43.2 Å². The Labute approximate surface area is 175 Å². The Morgan fingerprint density at radius 2 is 1.63 bits per heavy atom. The normalized spacial score (nSPS) is 11.5. The third-order valence-corrected chi connectivity index (χ3v) is 4.52. The van der Waals surface area contributed by atoms with Crippen LogP contribution in [0.15, 0.2) is 48.5 Å². The minimum absolute atomic E-state index is 0.0617. The van der Waals surface area contributed by atoms with Gasteiger partial charge in [-0.2, -0.15) is 0 Å². The van der Waals surface area contributed by atoms with Crippen LogP contribution < -0.4 is 15.5 Å². The van der Waals surface area contributed by atoms with Gasteiger partial charge in [0, 0.05) is 18.4 Å². The Hall–Kier alpha value is -3.26. The molecule has 0 aromatic heterocycles. The number of hydrogen-bond acceptors (Lipinski definition) is 3. The highest BCUT2D eigenvalue weighted by molar-refractivity contribution is 5.95. The monoisotopic (exact) mass is 415 g/mol. The van der Waals surface area contributed by atoms with Crippen molar-refractivity contribution in [2.45, 2.75) is 13.3 Å². The highest BCUT2D eigenvalue weighted by Crippen LogP contribution is 2.15. The summed E-state index contributed by atoms with van der Waals surface area (Å²) in [5, 5.41) is 5.49. The van der Waals surface area contributed by atoms with Crippen molar-refractivity contribution in [3.8, 4) is 0 Å². The summed E-state index contributed by atoms with van der Waals surface area (Å²) in [7, 11) is 3.27. The zero-order valence-electron chi connectivity index (χ0n) is 17.5. The number of nitrogens with zero attached hydrogens (tertiary/aromatic N) is 1. The number of halogens is 1. The molecule has 0 aliphatic heterocycles. The second-order valence-electron chi connectivity index (χ2n) is 7.17. The van der Waals surface area contributed by atoms with Gasteiger partial charge in [-0.25, -0.2) is 4.39 Å².